The molecule has 0 fully saturated rings. The molecule has 2 aliphatic rings. The summed E-state index contributed by atoms with van der Waals surface area (Å²) in [5, 5.41) is 11.0. The fourth-order valence-electron chi connectivity index (χ4n) is 3.43. The van der Waals surface area contributed by atoms with Gasteiger partial charge in [-0.2, -0.15) is 5.01 Å². The lowest BCUT2D eigenvalue weighted by Crippen LogP contribution is -2.45. The maximum atomic E-state index is 14.5. The Morgan fingerprint density at radius 1 is 1.14 bits per heavy atom. The standard InChI is InChI=1S/C21H19FN4O3/c1-12-17(18(24-21(28)23-12)15-10-6-7-11-16(15)22)19-25-26(13(2)27)20(29-19)14-8-4-3-5-9-14/h3-11,18,20H,1-2H3,(H2,23,24,28). The predicted octanol–water partition coefficient (Wildman–Crippen LogP) is 3.34. The molecule has 8 heteroatoms. The molecular weight excluding hydrogens is 375 g/mol. The molecule has 3 amide bonds. The van der Waals surface area contributed by atoms with Gasteiger partial charge in [0.15, 0.2) is 0 Å². The van der Waals surface area contributed by atoms with Crippen molar-refractivity contribution >= 4 is 17.8 Å². The first-order valence-corrected chi connectivity index (χ1v) is 9.09. The number of urea groups is 1. The lowest BCUT2D eigenvalue weighted by molar-refractivity contribution is -0.135. The van der Waals surface area contributed by atoms with E-state index in [0.29, 0.717) is 11.3 Å². The van der Waals surface area contributed by atoms with Crippen molar-refractivity contribution < 1.29 is 18.7 Å². The summed E-state index contributed by atoms with van der Waals surface area (Å²) >= 11 is 0. The zero-order valence-corrected chi connectivity index (χ0v) is 15.8. The van der Waals surface area contributed by atoms with Crippen LogP contribution in [0.5, 0.6) is 0 Å². The molecule has 29 heavy (non-hydrogen) atoms. The van der Waals surface area contributed by atoms with Crippen molar-refractivity contribution in [2.45, 2.75) is 26.1 Å². The van der Waals surface area contributed by atoms with E-state index in [1.807, 2.05) is 30.3 Å². The quantitative estimate of drug-likeness (QED) is 0.838. The zero-order chi connectivity index (χ0) is 20.5. The van der Waals surface area contributed by atoms with Gasteiger partial charge in [0, 0.05) is 23.7 Å². The number of benzene rings is 2. The zero-order valence-electron chi connectivity index (χ0n) is 15.8. The molecule has 0 bridgehead atoms. The number of hydrogen-bond acceptors (Lipinski definition) is 4. The minimum atomic E-state index is -0.813. The van der Waals surface area contributed by atoms with Gasteiger partial charge in [-0.15, -0.1) is 5.10 Å². The summed E-state index contributed by atoms with van der Waals surface area (Å²) in [6, 6.07) is 14.1. The molecule has 0 saturated carbocycles. The lowest BCUT2D eigenvalue weighted by atomic mass is 9.95. The Hall–Kier alpha value is -3.68. The summed E-state index contributed by atoms with van der Waals surface area (Å²) in [5.41, 5.74) is 1.95. The molecule has 0 aromatic heterocycles. The van der Waals surface area contributed by atoms with Gasteiger partial charge in [0.2, 0.25) is 18.0 Å². The van der Waals surface area contributed by atoms with E-state index in [9.17, 15) is 14.0 Å². The van der Waals surface area contributed by atoms with Crippen molar-refractivity contribution in [3.05, 3.63) is 82.8 Å². The maximum Gasteiger partial charge on any atom is 0.319 e. The largest absolute Gasteiger partial charge is 0.446 e. The van der Waals surface area contributed by atoms with Crippen LogP contribution >= 0.6 is 0 Å². The molecule has 2 aliphatic heterocycles. The van der Waals surface area contributed by atoms with Crippen LogP contribution in [0.15, 0.2) is 71.0 Å². The number of amides is 3. The van der Waals surface area contributed by atoms with Crippen LogP contribution in [-0.4, -0.2) is 22.8 Å². The van der Waals surface area contributed by atoms with Crippen LogP contribution in [0.3, 0.4) is 0 Å². The van der Waals surface area contributed by atoms with Gasteiger partial charge in [0.05, 0.1) is 11.6 Å². The van der Waals surface area contributed by atoms with Crippen molar-refractivity contribution in [1.82, 2.24) is 15.6 Å². The molecule has 2 unspecified atom stereocenters. The van der Waals surface area contributed by atoms with Crippen LogP contribution in [0.25, 0.3) is 0 Å². The SMILES string of the molecule is CC(=O)N1N=C(C2=C(C)NC(=O)NC2c2ccccc2F)OC1c1ccccc1. The second-order valence-electron chi connectivity index (χ2n) is 6.74. The molecule has 4 rings (SSSR count). The molecule has 0 saturated heterocycles. The Balaban J connectivity index is 1.77. The molecule has 0 spiro atoms. The van der Waals surface area contributed by atoms with E-state index in [-0.39, 0.29) is 17.4 Å². The van der Waals surface area contributed by atoms with Crippen LogP contribution in [0.1, 0.15) is 37.2 Å². The van der Waals surface area contributed by atoms with Crippen LogP contribution in [0.4, 0.5) is 9.18 Å². The van der Waals surface area contributed by atoms with Gasteiger partial charge < -0.3 is 15.4 Å². The van der Waals surface area contributed by atoms with E-state index >= 15 is 0 Å². The van der Waals surface area contributed by atoms with E-state index in [0.717, 1.165) is 5.56 Å². The first-order chi connectivity index (χ1) is 14.0. The van der Waals surface area contributed by atoms with Crippen molar-refractivity contribution in [3.8, 4) is 0 Å². The van der Waals surface area contributed by atoms with E-state index < -0.39 is 24.1 Å². The maximum absolute atomic E-state index is 14.5. The highest BCUT2D eigenvalue weighted by Gasteiger charge is 2.39. The first kappa shape index (κ1) is 18.7. The topological polar surface area (TPSA) is 83.0 Å². The van der Waals surface area contributed by atoms with Gasteiger partial charge in [0.25, 0.3) is 0 Å². The number of halogens is 1. The van der Waals surface area contributed by atoms with E-state index in [4.69, 9.17) is 4.74 Å². The summed E-state index contributed by atoms with van der Waals surface area (Å²) < 4.78 is 20.5. The third kappa shape index (κ3) is 3.44. The van der Waals surface area contributed by atoms with E-state index in [2.05, 4.69) is 15.7 Å². The number of hydrogen-bond donors (Lipinski definition) is 2. The van der Waals surface area contributed by atoms with Crippen LogP contribution in [0, 0.1) is 5.82 Å². The second kappa shape index (κ2) is 7.38. The number of hydrazone groups is 1. The highest BCUT2D eigenvalue weighted by atomic mass is 19.1. The average Bonchev–Trinajstić information content (AvgIpc) is 3.14. The summed E-state index contributed by atoms with van der Waals surface area (Å²) in [6.07, 6.45) is -0.747. The molecule has 148 valence electrons. The first-order valence-electron chi connectivity index (χ1n) is 9.09. The van der Waals surface area contributed by atoms with Gasteiger partial charge in [0.1, 0.15) is 5.82 Å². The average molecular weight is 394 g/mol. The van der Waals surface area contributed by atoms with Gasteiger partial charge in [-0.25, -0.2) is 9.18 Å². The number of nitrogens with zero attached hydrogens (tertiary/aromatic N) is 2. The van der Waals surface area contributed by atoms with Gasteiger partial charge in [-0.3, -0.25) is 4.79 Å². The van der Waals surface area contributed by atoms with Crippen molar-refractivity contribution in [2.75, 3.05) is 0 Å². The Bertz CT molecular complexity index is 1040. The Morgan fingerprint density at radius 3 is 2.52 bits per heavy atom. The number of ether oxygens (including phenoxy) is 1. The summed E-state index contributed by atoms with van der Waals surface area (Å²) in [4.78, 5) is 24.2. The van der Waals surface area contributed by atoms with Crippen LogP contribution in [-0.2, 0) is 9.53 Å². The second-order valence-corrected chi connectivity index (χ2v) is 6.74. The lowest BCUT2D eigenvalue weighted by Gasteiger charge is -2.29. The molecule has 0 aliphatic carbocycles. The third-order valence-electron chi connectivity index (χ3n) is 4.77. The highest BCUT2D eigenvalue weighted by Crippen LogP contribution is 2.36. The molecule has 2 aromatic rings. The fraction of sp³-hybridized carbons (Fsp3) is 0.190. The number of carbonyl (C=O) groups is 2. The number of nitrogens with one attached hydrogen (secondary N) is 2. The minimum absolute atomic E-state index is 0.146. The van der Waals surface area contributed by atoms with E-state index in [1.165, 1.54) is 18.0 Å². The number of carbonyl (C=O) groups excluding carboxylic acids is 2. The summed E-state index contributed by atoms with van der Waals surface area (Å²) in [6.45, 7) is 3.07. The Labute approximate surface area is 166 Å². The van der Waals surface area contributed by atoms with Crippen molar-refractivity contribution in [1.29, 1.82) is 0 Å². The van der Waals surface area contributed by atoms with Gasteiger partial charge in [-0.1, -0.05) is 48.5 Å². The third-order valence-corrected chi connectivity index (χ3v) is 4.77. The molecule has 0 radical (unpaired) electrons. The number of allylic oxidation sites excluding steroid dienone is 1. The molecule has 2 aromatic carbocycles. The van der Waals surface area contributed by atoms with Gasteiger partial charge in [-0.05, 0) is 13.0 Å². The smallest absolute Gasteiger partial charge is 0.319 e. The Kier molecular flexibility index (Phi) is 4.75. The monoisotopic (exact) mass is 394 g/mol. The predicted molar refractivity (Wildman–Crippen MR) is 104 cm³/mol. The summed E-state index contributed by atoms with van der Waals surface area (Å²) in [7, 11) is 0. The molecule has 7 nitrogen and oxygen atoms in total. The summed E-state index contributed by atoms with van der Waals surface area (Å²) in [5.74, 6) is -0.624. The fourth-order valence-corrected chi connectivity index (χ4v) is 3.43. The van der Waals surface area contributed by atoms with Crippen LogP contribution < -0.4 is 10.6 Å². The number of rotatable bonds is 3. The Morgan fingerprint density at radius 2 is 1.83 bits per heavy atom. The molecule has 2 atom stereocenters. The van der Waals surface area contributed by atoms with Crippen LogP contribution in [0.2, 0.25) is 0 Å². The van der Waals surface area contributed by atoms with Gasteiger partial charge >= 0.3 is 6.03 Å². The molecule has 2 N–H and O–H groups in total. The molecule has 2 heterocycles. The van der Waals surface area contributed by atoms with Crippen molar-refractivity contribution in [3.63, 3.8) is 0 Å². The normalized spacial score (nSPS) is 21.3. The molecular formula is C21H19FN4O3. The minimum Gasteiger partial charge on any atom is -0.446 e. The van der Waals surface area contributed by atoms with E-state index in [1.54, 1.807) is 25.1 Å². The van der Waals surface area contributed by atoms with Crippen molar-refractivity contribution in [2.24, 2.45) is 5.10 Å². The highest BCUT2D eigenvalue weighted by molar-refractivity contribution is 6.00.